The van der Waals surface area contributed by atoms with Crippen LogP contribution in [-0.2, 0) is 26.8 Å². The topological polar surface area (TPSA) is 54.0 Å². The predicted octanol–water partition coefficient (Wildman–Crippen LogP) is 9.73. The molecule has 2 aliphatic carbocycles. The van der Waals surface area contributed by atoms with Crippen molar-refractivity contribution in [3.05, 3.63) is 131 Å². The van der Waals surface area contributed by atoms with Crippen LogP contribution in [0.1, 0.15) is 73.6 Å². The Bertz CT molecular complexity index is 1390. The lowest BCUT2D eigenvalue weighted by molar-refractivity contribution is 0.110. The summed E-state index contributed by atoms with van der Waals surface area (Å²) in [5.74, 6) is 2.98. The molecule has 0 spiro atoms. The fourth-order valence-corrected chi connectivity index (χ4v) is 7.30. The molecule has 5 nitrogen and oxygen atoms in total. The molecule has 0 heterocycles. The first-order valence-corrected chi connectivity index (χ1v) is 17.2. The summed E-state index contributed by atoms with van der Waals surface area (Å²) in [4.78, 5) is 0. The third-order valence-electron chi connectivity index (χ3n) is 8.82. The van der Waals surface area contributed by atoms with E-state index >= 15 is 0 Å². The van der Waals surface area contributed by atoms with Crippen molar-refractivity contribution in [1.29, 1.82) is 0 Å². The van der Waals surface area contributed by atoms with Crippen molar-refractivity contribution in [2.45, 2.75) is 76.8 Å². The number of hydrogen-bond acceptors (Lipinski definition) is 5. The van der Waals surface area contributed by atoms with Gasteiger partial charge in [0.1, 0.15) is 24.7 Å². The largest absolute Gasteiger partial charge is 0.489 e. The fraction of sp³-hybridized carbons (Fsp3) is 0.368. The molecule has 0 amide bonds. The van der Waals surface area contributed by atoms with Crippen molar-refractivity contribution in [1.82, 2.24) is 0 Å². The quantitative estimate of drug-likeness (QED) is 0.118. The molecule has 2 saturated carbocycles. The van der Waals surface area contributed by atoms with E-state index in [-0.39, 0.29) is 24.0 Å². The Morgan fingerprint density at radius 3 is 1.39 bits per heavy atom. The molecule has 4 unspecified atom stereocenters. The van der Waals surface area contributed by atoms with Gasteiger partial charge in [-0.1, -0.05) is 84.9 Å². The minimum atomic E-state index is -2.73. The first-order valence-electron chi connectivity index (χ1n) is 15.9. The van der Waals surface area contributed by atoms with Crippen LogP contribution in [0.15, 0.2) is 109 Å². The van der Waals surface area contributed by atoms with Gasteiger partial charge in [-0.2, -0.15) is 0 Å². The second-order valence-corrected chi connectivity index (χ2v) is 13.3. The van der Waals surface area contributed by atoms with E-state index < -0.39 is 8.25 Å². The zero-order valence-corrected chi connectivity index (χ0v) is 26.6. The molecule has 0 N–H and O–H groups in total. The maximum Gasteiger partial charge on any atom is 0.319 e. The van der Waals surface area contributed by atoms with E-state index in [0.29, 0.717) is 25.0 Å². The SMILES string of the molecule is CC(O[PH](=O)OC(C)C(c1cccc(OCc2ccccc2)c1)C1CC1)C(c1cccc(OCc2ccccc2)c1)C1CC1. The molecule has 0 radical (unpaired) electrons. The van der Waals surface area contributed by atoms with Crippen molar-refractivity contribution in [2.24, 2.45) is 11.8 Å². The van der Waals surface area contributed by atoms with Crippen LogP contribution in [-0.4, -0.2) is 12.2 Å². The summed E-state index contributed by atoms with van der Waals surface area (Å²) in [5, 5.41) is 0. The number of hydrogen-bond donors (Lipinski definition) is 0. The molecule has 2 aliphatic rings. The van der Waals surface area contributed by atoms with E-state index in [0.717, 1.165) is 59.4 Å². The molecule has 4 aromatic carbocycles. The molecule has 6 rings (SSSR count). The van der Waals surface area contributed by atoms with Gasteiger partial charge in [-0.05, 0) is 97.9 Å². The predicted molar refractivity (Wildman–Crippen MR) is 175 cm³/mol. The Morgan fingerprint density at radius 1 is 0.591 bits per heavy atom. The molecule has 230 valence electrons. The van der Waals surface area contributed by atoms with E-state index in [1.54, 1.807) is 0 Å². The van der Waals surface area contributed by atoms with Gasteiger partial charge in [-0.3, -0.25) is 4.57 Å². The average molecular weight is 611 g/mol. The van der Waals surface area contributed by atoms with Gasteiger partial charge in [0, 0.05) is 11.8 Å². The van der Waals surface area contributed by atoms with E-state index in [2.05, 4.69) is 48.5 Å². The molecule has 0 aliphatic heterocycles. The minimum absolute atomic E-state index is 0.140. The summed E-state index contributed by atoms with van der Waals surface area (Å²) in [5.41, 5.74) is 4.59. The van der Waals surface area contributed by atoms with Gasteiger partial charge in [0.2, 0.25) is 0 Å². The summed E-state index contributed by atoms with van der Waals surface area (Å²) >= 11 is 0. The molecule has 4 aromatic rings. The molecular weight excluding hydrogens is 567 g/mol. The minimum Gasteiger partial charge on any atom is -0.489 e. The van der Waals surface area contributed by atoms with Crippen LogP contribution in [0, 0.1) is 11.8 Å². The van der Waals surface area contributed by atoms with E-state index in [1.807, 2.05) is 74.5 Å². The molecule has 0 saturated heterocycles. The highest BCUT2D eigenvalue weighted by molar-refractivity contribution is 7.33. The Balaban J connectivity index is 1.07. The highest BCUT2D eigenvalue weighted by Gasteiger charge is 2.39. The maximum atomic E-state index is 13.4. The smallest absolute Gasteiger partial charge is 0.319 e. The van der Waals surface area contributed by atoms with Gasteiger partial charge in [-0.25, -0.2) is 0 Å². The van der Waals surface area contributed by atoms with E-state index in [4.69, 9.17) is 18.5 Å². The van der Waals surface area contributed by atoms with Crippen molar-refractivity contribution < 1.29 is 23.1 Å². The lowest BCUT2D eigenvalue weighted by Gasteiger charge is -2.28. The molecule has 0 bridgehead atoms. The Labute approximate surface area is 262 Å². The monoisotopic (exact) mass is 610 g/mol. The fourth-order valence-electron chi connectivity index (χ4n) is 6.35. The van der Waals surface area contributed by atoms with Crippen LogP contribution >= 0.6 is 8.25 Å². The first-order chi connectivity index (χ1) is 21.5. The third kappa shape index (κ3) is 8.41. The highest BCUT2D eigenvalue weighted by Crippen LogP contribution is 2.50. The second-order valence-electron chi connectivity index (χ2n) is 12.3. The van der Waals surface area contributed by atoms with E-state index in [9.17, 15) is 4.57 Å². The van der Waals surface area contributed by atoms with Crippen LogP contribution in [0.4, 0.5) is 0 Å². The zero-order chi connectivity index (χ0) is 30.3. The maximum absolute atomic E-state index is 13.4. The first kappa shape index (κ1) is 30.6. The van der Waals surface area contributed by atoms with Gasteiger partial charge < -0.3 is 18.5 Å². The van der Waals surface area contributed by atoms with Crippen molar-refractivity contribution in [3.8, 4) is 11.5 Å². The van der Waals surface area contributed by atoms with Crippen molar-refractivity contribution >= 4 is 8.25 Å². The van der Waals surface area contributed by atoms with Gasteiger partial charge >= 0.3 is 8.25 Å². The Morgan fingerprint density at radius 2 is 1.00 bits per heavy atom. The van der Waals surface area contributed by atoms with Gasteiger partial charge in [-0.15, -0.1) is 0 Å². The molecular formula is C38H43O5P. The Hall–Kier alpha value is -3.37. The second kappa shape index (κ2) is 14.6. The van der Waals surface area contributed by atoms with Crippen LogP contribution in [0.2, 0.25) is 0 Å². The van der Waals surface area contributed by atoms with Gasteiger partial charge in [0.05, 0.1) is 12.2 Å². The van der Waals surface area contributed by atoms with Crippen molar-refractivity contribution in [3.63, 3.8) is 0 Å². The van der Waals surface area contributed by atoms with Gasteiger partial charge in [0.15, 0.2) is 0 Å². The average Bonchev–Trinajstić information content (AvgIpc) is 3.98. The standard InChI is InChI=1S/C38H43O5P/c1-27(37(31-19-20-31)33-15-9-17-35(23-33)40-25-29-11-5-3-6-12-29)42-44(39)43-28(2)38(32-21-22-32)34-16-10-18-36(24-34)41-26-30-13-7-4-8-14-30/h3-18,23-24,27-28,31-32,37-38,44H,19-22,25-26H2,1-2H3. The van der Waals surface area contributed by atoms with Gasteiger partial charge in [0.25, 0.3) is 0 Å². The zero-order valence-electron chi connectivity index (χ0n) is 25.6. The van der Waals surface area contributed by atoms with Crippen LogP contribution in [0.5, 0.6) is 11.5 Å². The third-order valence-corrected chi connectivity index (χ3v) is 9.95. The van der Waals surface area contributed by atoms with Crippen LogP contribution in [0.25, 0.3) is 0 Å². The lowest BCUT2D eigenvalue weighted by atomic mass is 9.89. The van der Waals surface area contributed by atoms with Crippen LogP contribution in [0.3, 0.4) is 0 Å². The molecule has 0 aromatic heterocycles. The summed E-state index contributed by atoms with van der Waals surface area (Å²) in [6, 6.07) is 36.9. The molecule has 2 fully saturated rings. The molecule has 44 heavy (non-hydrogen) atoms. The van der Waals surface area contributed by atoms with Crippen molar-refractivity contribution in [2.75, 3.05) is 0 Å². The summed E-state index contributed by atoms with van der Waals surface area (Å²) in [6.07, 6.45) is 4.13. The summed E-state index contributed by atoms with van der Waals surface area (Å²) in [6.45, 7) is 5.11. The highest BCUT2D eigenvalue weighted by atomic mass is 31.1. The molecule has 4 atom stereocenters. The Kier molecular flexibility index (Phi) is 10.2. The number of ether oxygens (including phenoxy) is 2. The number of rotatable bonds is 16. The van der Waals surface area contributed by atoms with E-state index in [1.165, 1.54) is 0 Å². The summed E-state index contributed by atoms with van der Waals surface area (Å²) in [7, 11) is -2.73. The molecule has 6 heteroatoms. The normalized spacial score (nSPS) is 18.1. The lowest BCUT2D eigenvalue weighted by Crippen LogP contribution is -2.21. The van der Waals surface area contributed by atoms with Crippen LogP contribution < -0.4 is 9.47 Å². The summed E-state index contributed by atoms with van der Waals surface area (Å²) < 4.78 is 37.9. The number of benzene rings is 4.